The van der Waals surface area contributed by atoms with Crippen molar-refractivity contribution in [2.24, 2.45) is 11.0 Å². The fraction of sp³-hybridized carbons (Fsp3) is 0.438. The molecule has 9 heteroatoms. The first-order valence-electron chi connectivity index (χ1n) is 7.79. The predicted molar refractivity (Wildman–Crippen MR) is 91.0 cm³/mol. The molecule has 0 spiro atoms. The second-order valence-electron chi connectivity index (χ2n) is 5.42. The van der Waals surface area contributed by atoms with E-state index in [2.05, 4.69) is 20.7 Å². The van der Waals surface area contributed by atoms with Crippen LogP contribution in [0.4, 0.5) is 5.69 Å². The third kappa shape index (κ3) is 6.15. The first kappa shape index (κ1) is 20.0. The molecule has 25 heavy (non-hydrogen) atoms. The zero-order chi connectivity index (χ0) is 18.8. The first-order valence-corrected chi connectivity index (χ1v) is 7.79. The number of nitrogens with zero attached hydrogens (tertiary/aromatic N) is 3. The van der Waals surface area contributed by atoms with E-state index in [0.717, 1.165) is 0 Å². The van der Waals surface area contributed by atoms with Crippen LogP contribution in [0.15, 0.2) is 29.4 Å². The van der Waals surface area contributed by atoms with Gasteiger partial charge in [0.05, 0.1) is 12.3 Å². The highest BCUT2D eigenvalue weighted by Gasteiger charge is 2.25. The number of benzene rings is 1. The topological polar surface area (TPSA) is 133 Å². The smallest absolute Gasteiger partial charge is 0.325 e. The summed E-state index contributed by atoms with van der Waals surface area (Å²) in [6.45, 7) is 5.12. The monoisotopic (exact) mass is 347 g/mol. The number of amides is 2. The molecule has 0 aliphatic carbocycles. The van der Waals surface area contributed by atoms with Gasteiger partial charge in [-0.2, -0.15) is 0 Å². The number of esters is 1. The molecule has 0 saturated heterocycles. The lowest BCUT2D eigenvalue weighted by Crippen LogP contribution is -2.50. The zero-order valence-corrected chi connectivity index (χ0v) is 14.4. The molecule has 0 aliphatic rings. The van der Waals surface area contributed by atoms with Gasteiger partial charge in [-0.05, 0) is 24.4 Å². The molecule has 0 heterocycles. The molecule has 0 aliphatic heterocycles. The van der Waals surface area contributed by atoms with Crippen LogP contribution in [0.5, 0.6) is 0 Å². The van der Waals surface area contributed by atoms with Gasteiger partial charge in [-0.1, -0.05) is 37.2 Å². The maximum atomic E-state index is 12.4. The number of hydrogen-bond donors (Lipinski definition) is 2. The Bertz CT molecular complexity index is 683. The van der Waals surface area contributed by atoms with E-state index in [0.29, 0.717) is 0 Å². The van der Waals surface area contributed by atoms with E-state index in [1.54, 1.807) is 32.9 Å². The van der Waals surface area contributed by atoms with E-state index in [9.17, 15) is 14.4 Å². The number of hydrogen-bond acceptors (Lipinski definition) is 5. The van der Waals surface area contributed by atoms with E-state index < -0.39 is 23.8 Å². The highest BCUT2D eigenvalue weighted by atomic mass is 16.5. The lowest BCUT2D eigenvalue weighted by Gasteiger charge is -2.22. The number of carbonyl (C=O) groups excluding carboxylic acids is 3. The van der Waals surface area contributed by atoms with Gasteiger partial charge in [-0.15, -0.1) is 0 Å². The number of rotatable bonds is 8. The van der Waals surface area contributed by atoms with Crippen LogP contribution in [0.25, 0.3) is 10.4 Å². The van der Waals surface area contributed by atoms with E-state index in [1.165, 1.54) is 12.1 Å². The molecule has 0 aromatic heterocycles. The van der Waals surface area contributed by atoms with E-state index in [1.807, 2.05) is 0 Å². The van der Waals surface area contributed by atoms with Gasteiger partial charge in [-0.3, -0.25) is 14.4 Å². The van der Waals surface area contributed by atoms with Crippen molar-refractivity contribution in [1.82, 2.24) is 10.6 Å². The lowest BCUT2D eigenvalue weighted by molar-refractivity contribution is -0.143. The Labute approximate surface area is 145 Å². The molecule has 0 unspecified atom stereocenters. The fourth-order valence-electron chi connectivity index (χ4n) is 2.04. The van der Waals surface area contributed by atoms with Gasteiger partial charge in [0.15, 0.2) is 0 Å². The van der Waals surface area contributed by atoms with E-state index >= 15 is 0 Å². The number of azide groups is 1. The highest BCUT2D eigenvalue weighted by Crippen LogP contribution is 2.19. The Morgan fingerprint density at radius 1 is 1.28 bits per heavy atom. The van der Waals surface area contributed by atoms with E-state index in [4.69, 9.17) is 10.3 Å². The number of nitrogens with one attached hydrogen (secondary N) is 2. The summed E-state index contributed by atoms with van der Waals surface area (Å²) < 4.78 is 4.74. The van der Waals surface area contributed by atoms with Crippen LogP contribution in [0.1, 0.15) is 31.1 Å². The van der Waals surface area contributed by atoms with Gasteiger partial charge in [0.2, 0.25) is 5.91 Å². The fourth-order valence-corrected chi connectivity index (χ4v) is 2.04. The standard InChI is InChI=1S/C16H21N5O4/c1-4-25-13(22)9-18-16(24)14(10(2)3)19-15(23)11-7-5-6-8-12(11)20-21-17/h5-8,10,14H,4,9H2,1-3H3,(H,18,24)(H,19,23)/t14-/m0/s1. The third-order valence-corrected chi connectivity index (χ3v) is 3.25. The molecule has 9 nitrogen and oxygen atoms in total. The largest absolute Gasteiger partial charge is 0.465 e. The minimum absolute atomic E-state index is 0.157. The maximum absolute atomic E-state index is 12.4. The summed E-state index contributed by atoms with van der Waals surface area (Å²) in [5, 5.41) is 8.50. The summed E-state index contributed by atoms with van der Waals surface area (Å²) in [6.07, 6.45) is 0. The van der Waals surface area contributed by atoms with Crippen molar-refractivity contribution < 1.29 is 19.1 Å². The maximum Gasteiger partial charge on any atom is 0.325 e. The van der Waals surface area contributed by atoms with Gasteiger partial charge in [0, 0.05) is 10.5 Å². The molecule has 0 fully saturated rings. The minimum atomic E-state index is -0.860. The molecule has 2 amide bonds. The van der Waals surface area contributed by atoms with Crippen molar-refractivity contribution in [2.45, 2.75) is 26.8 Å². The molecule has 1 rings (SSSR count). The van der Waals surface area contributed by atoms with Gasteiger partial charge >= 0.3 is 5.97 Å². The van der Waals surface area contributed by atoms with Crippen LogP contribution in [-0.2, 0) is 14.3 Å². The highest BCUT2D eigenvalue weighted by molar-refractivity contribution is 6.01. The Hall–Kier alpha value is -3.06. The van der Waals surface area contributed by atoms with Crippen LogP contribution in [0.3, 0.4) is 0 Å². The Morgan fingerprint density at radius 2 is 1.96 bits per heavy atom. The van der Waals surface area contributed by atoms with Crippen molar-refractivity contribution in [3.05, 3.63) is 40.3 Å². The molecule has 0 radical (unpaired) electrons. The van der Waals surface area contributed by atoms with Crippen LogP contribution < -0.4 is 10.6 Å². The molecule has 1 aromatic carbocycles. The zero-order valence-electron chi connectivity index (χ0n) is 14.4. The second kappa shape index (κ2) is 9.94. The first-order chi connectivity index (χ1) is 11.9. The van der Waals surface area contributed by atoms with Crippen LogP contribution >= 0.6 is 0 Å². The molecular formula is C16H21N5O4. The summed E-state index contributed by atoms with van der Waals surface area (Å²) in [4.78, 5) is 38.7. The summed E-state index contributed by atoms with van der Waals surface area (Å²) in [6, 6.07) is 5.39. The Balaban J connectivity index is 2.84. The van der Waals surface area contributed by atoms with Gasteiger partial charge in [0.1, 0.15) is 12.6 Å². The SMILES string of the molecule is CCOC(=O)CNC(=O)[C@@H](NC(=O)c1ccccc1N=[N+]=[N-])C(C)C. The lowest BCUT2D eigenvalue weighted by atomic mass is 10.0. The molecule has 134 valence electrons. The molecule has 1 atom stereocenters. The van der Waals surface area contributed by atoms with Crippen molar-refractivity contribution in [1.29, 1.82) is 0 Å². The van der Waals surface area contributed by atoms with Crippen molar-refractivity contribution in [3.8, 4) is 0 Å². The van der Waals surface area contributed by atoms with Crippen molar-refractivity contribution in [2.75, 3.05) is 13.2 Å². The molecule has 0 saturated carbocycles. The quantitative estimate of drug-likeness (QED) is 0.322. The molecule has 2 N–H and O–H groups in total. The predicted octanol–water partition coefficient (Wildman–Crippen LogP) is 2.06. The summed E-state index contributed by atoms with van der Waals surface area (Å²) >= 11 is 0. The van der Waals surface area contributed by atoms with Gasteiger partial charge < -0.3 is 15.4 Å². The Kier molecular flexibility index (Phi) is 7.95. The molecule has 0 bridgehead atoms. The minimum Gasteiger partial charge on any atom is -0.465 e. The van der Waals surface area contributed by atoms with E-state index in [-0.39, 0.29) is 30.3 Å². The summed E-state index contributed by atoms with van der Waals surface area (Å²) in [7, 11) is 0. The van der Waals surface area contributed by atoms with Crippen LogP contribution in [0, 0.1) is 5.92 Å². The van der Waals surface area contributed by atoms with Gasteiger partial charge in [0.25, 0.3) is 5.91 Å². The number of carbonyl (C=O) groups is 3. The average Bonchev–Trinajstić information content (AvgIpc) is 2.58. The summed E-state index contributed by atoms with van der Waals surface area (Å²) in [5.41, 5.74) is 8.89. The molecule has 1 aromatic rings. The second-order valence-corrected chi connectivity index (χ2v) is 5.42. The Morgan fingerprint density at radius 3 is 2.56 bits per heavy atom. The average molecular weight is 347 g/mol. The normalized spacial score (nSPS) is 11.2. The van der Waals surface area contributed by atoms with Crippen LogP contribution in [-0.4, -0.2) is 37.0 Å². The third-order valence-electron chi connectivity index (χ3n) is 3.25. The van der Waals surface area contributed by atoms with Gasteiger partial charge in [-0.25, -0.2) is 0 Å². The molecular weight excluding hydrogens is 326 g/mol. The summed E-state index contributed by atoms with van der Waals surface area (Å²) in [5.74, 6) is -1.83. The van der Waals surface area contributed by atoms with Crippen molar-refractivity contribution >= 4 is 23.5 Å². The van der Waals surface area contributed by atoms with Crippen LogP contribution in [0.2, 0.25) is 0 Å². The number of ether oxygens (including phenoxy) is 1. The van der Waals surface area contributed by atoms with Crippen molar-refractivity contribution in [3.63, 3.8) is 0 Å².